The second-order valence-corrected chi connectivity index (χ2v) is 8.24. The molecule has 1 saturated carbocycles. The third kappa shape index (κ3) is 3.07. The lowest BCUT2D eigenvalue weighted by molar-refractivity contribution is 0.214. The molecule has 0 spiro atoms. The number of alkyl halides is 1. The highest BCUT2D eigenvalue weighted by atomic mass is 79.9. The van der Waals surface area contributed by atoms with Gasteiger partial charge in [-0.15, -0.1) is 0 Å². The van der Waals surface area contributed by atoms with Crippen LogP contribution < -0.4 is 0 Å². The van der Waals surface area contributed by atoms with Gasteiger partial charge >= 0.3 is 0 Å². The molecule has 0 radical (unpaired) electrons. The smallest absolute Gasteiger partial charge is 0.0184 e. The monoisotopic (exact) mass is 322 g/mol. The number of rotatable bonds is 2. The molecule has 1 aliphatic carbocycles. The quantitative estimate of drug-likeness (QED) is 0.605. The van der Waals surface area contributed by atoms with E-state index >= 15 is 0 Å². The highest BCUT2D eigenvalue weighted by Crippen LogP contribution is 2.45. The van der Waals surface area contributed by atoms with Gasteiger partial charge in [0.05, 0.1) is 0 Å². The van der Waals surface area contributed by atoms with Crippen LogP contribution in [0.1, 0.15) is 56.7 Å². The molecule has 1 heteroatoms. The van der Waals surface area contributed by atoms with Crippen molar-refractivity contribution in [3.8, 4) is 0 Å². The van der Waals surface area contributed by atoms with Crippen molar-refractivity contribution in [1.29, 1.82) is 0 Å². The first-order valence-corrected chi connectivity index (χ1v) is 8.45. The lowest BCUT2D eigenvalue weighted by Gasteiger charge is -2.42. The Balaban J connectivity index is 2.28. The molecule has 0 nitrogen and oxygen atoms in total. The number of aryl methyl sites for hydroxylation is 2. The fraction of sp³-hybridized carbons (Fsp3) is 0.667. The maximum absolute atomic E-state index is 3.96. The van der Waals surface area contributed by atoms with Gasteiger partial charge in [0.2, 0.25) is 0 Å². The molecule has 0 aromatic heterocycles. The summed E-state index contributed by atoms with van der Waals surface area (Å²) < 4.78 is 0. The van der Waals surface area contributed by atoms with Crippen LogP contribution in [0.4, 0.5) is 0 Å². The first-order chi connectivity index (χ1) is 8.82. The van der Waals surface area contributed by atoms with E-state index in [1.165, 1.54) is 36.0 Å². The summed E-state index contributed by atoms with van der Waals surface area (Å²) in [7, 11) is 0. The molecule has 1 fully saturated rings. The predicted octanol–water partition coefficient (Wildman–Crippen LogP) is 5.78. The summed E-state index contributed by atoms with van der Waals surface area (Å²) in [4.78, 5) is 0.660. The Bertz CT molecular complexity index is 447. The second kappa shape index (κ2) is 5.60. The number of benzene rings is 1. The summed E-state index contributed by atoms with van der Waals surface area (Å²) in [6.07, 6.45) is 4.04. The van der Waals surface area contributed by atoms with E-state index in [4.69, 9.17) is 0 Å². The van der Waals surface area contributed by atoms with Crippen molar-refractivity contribution in [1.82, 2.24) is 0 Å². The molecule has 0 N–H and O–H groups in total. The van der Waals surface area contributed by atoms with Crippen LogP contribution in [0.25, 0.3) is 0 Å². The molecule has 1 aromatic carbocycles. The van der Waals surface area contributed by atoms with Crippen LogP contribution in [0.15, 0.2) is 18.2 Å². The fourth-order valence-corrected chi connectivity index (χ4v) is 5.04. The van der Waals surface area contributed by atoms with Crippen LogP contribution in [0.3, 0.4) is 0 Å². The van der Waals surface area contributed by atoms with E-state index in [2.05, 4.69) is 68.7 Å². The highest BCUT2D eigenvalue weighted by molar-refractivity contribution is 9.09. The zero-order chi connectivity index (χ0) is 14.2. The molecule has 0 heterocycles. The van der Waals surface area contributed by atoms with E-state index in [1.807, 2.05) is 0 Å². The van der Waals surface area contributed by atoms with E-state index in [0.29, 0.717) is 4.83 Å². The fourth-order valence-electron chi connectivity index (χ4n) is 3.48. The van der Waals surface area contributed by atoms with Crippen molar-refractivity contribution in [2.45, 2.75) is 64.1 Å². The zero-order valence-electron chi connectivity index (χ0n) is 13.0. The third-order valence-corrected chi connectivity index (χ3v) is 6.22. The van der Waals surface area contributed by atoms with E-state index in [9.17, 15) is 0 Å². The SMILES string of the molecule is Cc1ccc(C(C)(C)C2CCC(C)CC2Br)cc1C. The Morgan fingerprint density at radius 3 is 2.37 bits per heavy atom. The van der Waals surface area contributed by atoms with Gasteiger partial charge in [0.1, 0.15) is 0 Å². The standard InChI is InChI=1S/C18H27Br/c1-12-6-9-16(17(19)10-12)18(4,5)15-8-7-13(2)14(3)11-15/h7-8,11-12,16-17H,6,9-10H2,1-5H3. The number of hydrogen-bond acceptors (Lipinski definition) is 0. The normalized spacial score (nSPS) is 28.4. The molecular weight excluding hydrogens is 296 g/mol. The second-order valence-electron chi connectivity index (χ2n) is 7.06. The maximum atomic E-state index is 3.96. The van der Waals surface area contributed by atoms with Crippen LogP contribution in [-0.4, -0.2) is 4.83 Å². The molecule has 19 heavy (non-hydrogen) atoms. The van der Waals surface area contributed by atoms with Gasteiger partial charge in [-0.2, -0.15) is 0 Å². The topological polar surface area (TPSA) is 0 Å². The Morgan fingerprint density at radius 1 is 1.11 bits per heavy atom. The highest BCUT2D eigenvalue weighted by Gasteiger charge is 2.38. The van der Waals surface area contributed by atoms with Crippen LogP contribution in [0.2, 0.25) is 0 Å². The van der Waals surface area contributed by atoms with Crippen molar-refractivity contribution < 1.29 is 0 Å². The molecule has 3 atom stereocenters. The summed E-state index contributed by atoms with van der Waals surface area (Å²) >= 11 is 3.96. The molecule has 0 bridgehead atoms. The summed E-state index contributed by atoms with van der Waals surface area (Å²) in [5.74, 6) is 1.61. The molecule has 2 rings (SSSR count). The number of halogens is 1. The molecular formula is C18H27Br. The minimum atomic E-state index is 0.257. The van der Waals surface area contributed by atoms with Crippen molar-refractivity contribution in [3.63, 3.8) is 0 Å². The first-order valence-electron chi connectivity index (χ1n) is 7.54. The lowest BCUT2D eigenvalue weighted by Crippen LogP contribution is -2.38. The zero-order valence-corrected chi connectivity index (χ0v) is 14.5. The minimum absolute atomic E-state index is 0.257. The Hall–Kier alpha value is -0.300. The van der Waals surface area contributed by atoms with Gasteiger partial charge in [-0.05, 0) is 60.6 Å². The Morgan fingerprint density at radius 2 is 1.79 bits per heavy atom. The van der Waals surface area contributed by atoms with E-state index in [1.54, 1.807) is 0 Å². The van der Waals surface area contributed by atoms with Crippen LogP contribution in [0, 0.1) is 25.7 Å². The largest absolute Gasteiger partial charge is 0.0887 e. The van der Waals surface area contributed by atoms with Gasteiger partial charge in [0.25, 0.3) is 0 Å². The van der Waals surface area contributed by atoms with Crippen molar-refractivity contribution in [3.05, 3.63) is 34.9 Å². The summed E-state index contributed by atoms with van der Waals surface area (Å²) in [5.41, 5.74) is 4.57. The van der Waals surface area contributed by atoms with Crippen molar-refractivity contribution in [2.24, 2.45) is 11.8 Å². The lowest BCUT2D eigenvalue weighted by atomic mass is 9.65. The predicted molar refractivity (Wildman–Crippen MR) is 88.2 cm³/mol. The van der Waals surface area contributed by atoms with Crippen molar-refractivity contribution >= 4 is 15.9 Å². The van der Waals surface area contributed by atoms with Gasteiger partial charge in [0, 0.05) is 4.83 Å². The summed E-state index contributed by atoms with van der Waals surface area (Å²) in [6.45, 7) is 11.6. The van der Waals surface area contributed by atoms with Crippen LogP contribution >= 0.6 is 15.9 Å². The van der Waals surface area contributed by atoms with E-state index in [0.717, 1.165) is 11.8 Å². The van der Waals surface area contributed by atoms with Crippen LogP contribution in [0.5, 0.6) is 0 Å². The van der Waals surface area contributed by atoms with Gasteiger partial charge in [0.15, 0.2) is 0 Å². The number of hydrogen-bond donors (Lipinski definition) is 0. The van der Waals surface area contributed by atoms with E-state index < -0.39 is 0 Å². The molecule has 1 aromatic rings. The third-order valence-electron chi connectivity index (χ3n) is 5.21. The van der Waals surface area contributed by atoms with Gasteiger partial charge in [-0.3, -0.25) is 0 Å². The summed E-state index contributed by atoms with van der Waals surface area (Å²) in [6, 6.07) is 7.01. The molecule has 106 valence electrons. The molecule has 0 amide bonds. The van der Waals surface area contributed by atoms with E-state index in [-0.39, 0.29) is 5.41 Å². The molecule has 3 unspecified atom stereocenters. The van der Waals surface area contributed by atoms with Gasteiger partial charge in [-0.25, -0.2) is 0 Å². The van der Waals surface area contributed by atoms with Gasteiger partial charge < -0.3 is 0 Å². The molecule has 1 aliphatic rings. The Labute approximate surface area is 127 Å². The first kappa shape index (κ1) is 15.1. The molecule has 0 aliphatic heterocycles. The maximum Gasteiger partial charge on any atom is 0.0184 e. The Kier molecular flexibility index (Phi) is 4.45. The molecule has 0 saturated heterocycles. The summed E-state index contributed by atoms with van der Waals surface area (Å²) in [5, 5.41) is 0. The minimum Gasteiger partial charge on any atom is -0.0887 e. The van der Waals surface area contributed by atoms with Crippen molar-refractivity contribution in [2.75, 3.05) is 0 Å². The van der Waals surface area contributed by atoms with Crippen LogP contribution in [-0.2, 0) is 5.41 Å². The van der Waals surface area contributed by atoms with Gasteiger partial charge in [-0.1, -0.05) is 61.3 Å². The average Bonchev–Trinajstić information content (AvgIpc) is 2.32. The average molecular weight is 323 g/mol.